The number of amides is 2. The van der Waals surface area contributed by atoms with E-state index in [1.807, 2.05) is 0 Å². The lowest BCUT2D eigenvalue weighted by atomic mass is 9.86. The van der Waals surface area contributed by atoms with Crippen molar-refractivity contribution in [2.45, 2.75) is 58.5 Å². The molecule has 1 saturated carbocycles. The molecule has 144 valence electrons. The molecular weight excluding hydrogens is 369 g/mol. The number of anilines is 1. The fourth-order valence-electron chi connectivity index (χ4n) is 4.37. The van der Waals surface area contributed by atoms with Crippen LogP contribution in [0.5, 0.6) is 5.75 Å². The van der Waals surface area contributed by atoms with E-state index >= 15 is 0 Å². The van der Waals surface area contributed by atoms with Gasteiger partial charge in [-0.3, -0.25) is 9.59 Å². The minimum atomic E-state index is -0.693. The average molecular weight is 392 g/mol. The van der Waals surface area contributed by atoms with E-state index in [4.69, 9.17) is 16.3 Å². The number of ether oxygens (including phenoxy) is 1. The molecule has 1 aromatic carbocycles. The van der Waals surface area contributed by atoms with E-state index < -0.39 is 17.6 Å². The van der Waals surface area contributed by atoms with Crippen LogP contribution in [0.4, 0.5) is 10.1 Å². The molecule has 27 heavy (non-hydrogen) atoms. The fraction of sp³-hybridized carbons (Fsp3) is 0.524. The third-order valence-electron chi connectivity index (χ3n) is 5.91. The number of hydrogen-bond donors (Lipinski definition) is 0. The Morgan fingerprint density at radius 3 is 2.52 bits per heavy atom. The van der Waals surface area contributed by atoms with Crippen molar-refractivity contribution in [1.82, 2.24) is 0 Å². The SMILES string of the molecule is CC1CCC2=C(C1)C(=O)N(c1cc(OC3CCC(C)C3)c(Cl)cc1F)C2=O. The van der Waals surface area contributed by atoms with E-state index in [1.165, 1.54) is 6.07 Å². The van der Waals surface area contributed by atoms with Crippen molar-refractivity contribution in [2.24, 2.45) is 11.8 Å². The van der Waals surface area contributed by atoms with E-state index in [0.717, 1.165) is 36.6 Å². The Morgan fingerprint density at radius 2 is 1.81 bits per heavy atom. The predicted octanol–water partition coefficient (Wildman–Crippen LogP) is 5.04. The maximum absolute atomic E-state index is 14.7. The van der Waals surface area contributed by atoms with Gasteiger partial charge in [0.2, 0.25) is 0 Å². The maximum atomic E-state index is 14.7. The molecule has 0 aromatic heterocycles. The molecule has 6 heteroatoms. The number of benzene rings is 1. The Morgan fingerprint density at radius 1 is 1.07 bits per heavy atom. The van der Waals surface area contributed by atoms with Crippen molar-refractivity contribution >= 4 is 29.1 Å². The van der Waals surface area contributed by atoms with E-state index in [1.54, 1.807) is 0 Å². The number of halogens is 2. The molecule has 0 N–H and O–H groups in total. The van der Waals surface area contributed by atoms with Crippen molar-refractivity contribution in [1.29, 1.82) is 0 Å². The van der Waals surface area contributed by atoms with Gasteiger partial charge in [-0.15, -0.1) is 0 Å². The van der Waals surface area contributed by atoms with Crippen LogP contribution in [0.15, 0.2) is 23.3 Å². The van der Waals surface area contributed by atoms with Gasteiger partial charge >= 0.3 is 0 Å². The summed E-state index contributed by atoms with van der Waals surface area (Å²) in [4.78, 5) is 26.6. The average Bonchev–Trinajstić information content (AvgIpc) is 3.12. The molecule has 4 nitrogen and oxygen atoms in total. The first-order valence-corrected chi connectivity index (χ1v) is 9.99. The highest BCUT2D eigenvalue weighted by Crippen LogP contribution is 2.41. The molecule has 3 aliphatic rings. The molecule has 0 saturated heterocycles. The molecule has 1 heterocycles. The minimum Gasteiger partial charge on any atom is -0.489 e. The Bertz CT molecular complexity index is 850. The first-order chi connectivity index (χ1) is 12.8. The first-order valence-electron chi connectivity index (χ1n) is 9.61. The van der Waals surface area contributed by atoms with Gasteiger partial charge < -0.3 is 4.74 Å². The summed E-state index contributed by atoms with van der Waals surface area (Å²) >= 11 is 6.17. The van der Waals surface area contributed by atoms with Crippen LogP contribution >= 0.6 is 11.6 Å². The van der Waals surface area contributed by atoms with Gasteiger partial charge in [0.15, 0.2) is 0 Å². The second-order valence-electron chi connectivity index (χ2n) is 8.14. The number of carbonyl (C=O) groups excluding carboxylic acids is 2. The quantitative estimate of drug-likeness (QED) is 0.678. The van der Waals surface area contributed by atoms with Crippen molar-refractivity contribution in [2.75, 3.05) is 4.90 Å². The van der Waals surface area contributed by atoms with Crippen molar-refractivity contribution in [3.05, 3.63) is 34.1 Å². The number of hydrogen-bond acceptors (Lipinski definition) is 3. The molecule has 1 aliphatic heterocycles. The van der Waals surface area contributed by atoms with Crippen LogP contribution < -0.4 is 9.64 Å². The zero-order valence-corrected chi connectivity index (χ0v) is 16.3. The molecule has 4 rings (SSSR count). The monoisotopic (exact) mass is 391 g/mol. The molecule has 1 aromatic rings. The minimum absolute atomic E-state index is 0.0213. The van der Waals surface area contributed by atoms with Crippen LogP contribution in [0.3, 0.4) is 0 Å². The van der Waals surface area contributed by atoms with E-state index in [9.17, 15) is 14.0 Å². The van der Waals surface area contributed by atoms with Gasteiger partial charge in [-0.1, -0.05) is 25.4 Å². The smallest absolute Gasteiger partial charge is 0.261 e. The predicted molar refractivity (Wildman–Crippen MR) is 101 cm³/mol. The topological polar surface area (TPSA) is 46.6 Å². The van der Waals surface area contributed by atoms with Gasteiger partial charge in [0.05, 0.1) is 16.8 Å². The van der Waals surface area contributed by atoms with Crippen molar-refractivity contribution in [3.63, 3.8) is 0 Å². The Labute approximate surface area is 163 Å². The lowest BCUT2D eigenvalue weighted by Crippen LogP contribution is -2.32. The second kappa shape index (κ2) is 6.93. The van der Waals surface area contributed by atoms with Crippen molar-refractivity contribution < 1.29 is 18.7 Å². The van der Waals surface area contributed by atoms with Crippen LogP contribution in [0.2, 0.25) is 5.02 Å². The van der Waals surface area contributed by atoms with Gasteiger partial charge in [0, 0.05) is 17.2 Å². The normalized spacial score (nSPS) is 28.1. The number of nitrogens with zero attached hydrogens (tertiary/aromatic N) is 1. The van der Waals surface area contributed by atoms with Crippen LogP contribution in [-0.4, -0.2) is 17.9 Å². The highest BCUT2D eigenvalue weighted by molar-refractivity contribution is 6.34. The summed E-state index contributed by atoms with van der Waals surface area (Å²) in [5, 5.41) is 0.154. The molecule has 3 atom stereocenters. The van der Waals surface area contributed by atoms with Crippen molar-refractivity contribution in [3.8, 4) is 5.75 Å². The summed E-state index contributed by atoms with van der Waals surface area (Å²) in [7, 11) is 0. The summed E-state index contributed by atoms with van der Waals surface area (Å²) in [5.41, 5.74) is 0.984. The summed E-state index contributed by atoms with van der Waals surface area (Å²) in [6.07, 6.45) is 4.92. The van der Waals surface area contributed by atoms with Crippen LogP contribution in [0, 0.1) is 17.7 Å². The summed E-state index contributed by atoms with van der Waals surface area (Å²) in [6, 6.07) is 2.53. The fourth-order valence-corrected chi connectivity index (χ4v) is 4.57. The molecule has 2 aliphatic carbocycles. The Hall–Kier alpha value is -1.88. The lowest BCUT2D eigenvalue weighted by molar-refractivity contribution is -0.120. The molecule has 3 unspecified atom stereocenters. The van der Waals surface area contributed by atoms with Gasteiger partial charge in [0.1, 0.15) is 11.6 Å². The Kier molecular flexibility index (Phi) is 4.75. The molecule has 0 radical (unpaired) electrons. The summed E-state index contributed by atoms with van der Waals surface area (Å²) in [5.74, 6) is -0.272. The third-order valence-corrected chi connectivity index (χ3v) is 6.20. The third kappa shape index (κ3) is 3.27. The number of imide groups is 1. The number of carbonyl (C=O) groups is 2. The van der Waals surface area contributed by atoms with Crippen LogP contribution in [0.25, 0.3) is 0 Å². The zero-order chi connectivity index (χ0) is 19.3. The second-order valence-corrected chi connectivity index (χ2v) is 8.55. The lowest BCUT2D eigenvalue weighted by Gasteiger charge is -2.20. The van der Waals surface area contributed by atoms with Gasteiger partial charge in [0.25, 0.3) is 11.8 Å². The molecule has 1 fully saturated rings. The van der Waals surface area contributed by atoms with E-state index in [-0.39, 0.29) is 16.8 Å². The van der Waals surface area contributed by atoms with Gasteiger partial charge in [-0.25, -0.2) is 9.29 Å². The summed E-state index contributed by atoms with van der Waals surface area (Å²) < 4.78 is 20.6. The van der Waals surface area contributed by atoms with Gasteiger partial charge in [-0.2, -0.15) is 0 Å². The molecule has 0 spiro atoms. The largest absolute Gasteiger partial charge is 0.489 e. The molecule has 2 amide bonds. The maximum Gasteiger partial charge on any atom is 0.261 e. The zero-order valence-electron chi connectivity index (χ0n) is 15.6. The van der Waals surface area contributed by atoms with Crippen LogP contribution in [-0.2, 0) is 9.59 Å². The highest BCUT2D eigenvalue weighted by Gasteiger charge is 2.42. The van der Waals surface area contributed by atoms with Gasteiger partial charge in [-0.05, 0) is 56.4 Å². The first kappa shape index (κ1) is 18.5. The standard InChI is InChI=1S/C21H23ClFNO3/c1-11-3-5-13(7-11)27-19-10-18(17(23)9-16(19)22)24-20(25)14-6-4-12(2)8-15(14)21(24)26/h9-13H,3-8H2,1-2H3. The Balaban J connectivity index is 1.65. The molecular formula is C21H23ClFNO3. The highest BCUT2D eigenvalue weighted by atomic mass is 35.5. The summed E-state index contributed by atoms with van der Waals surface area (Å²) in [6.45, 7) is 4.22. The van der Waals surface area contributed by atoms with E-state index in [2.05, 4.69) is 13.8 Å². The van der Waals surface area contributed by atoms with Crippen LogP contribution in [0.1, 0.15) is 52.4 Å². The van der Waals surface area contributed by atoms with E-state index in [0.29, 0.717) is 41.6 Å². The number of rotatable bonds is 3. The molecule has 0 bridgehead atoms.